The van der Waals surface area contributed by atoms with E-state index in [0.717, 1.165) is 32.5 Å². The zero-order valence-electron chi connectivity index (χ0n) is 11.8. The number of ether oxygens (including phenoxy) is 3. The van der Waals surface area contributed by atoms with Crippen LogP contribution in [-0.2, 0) is 14.2 Å². The smallest absolute Gasteiger partial charge is 0.0940 e. The molecule has 1 aliphatic carbocycles. The average molecular weight is 270 g/mol. The van der Waals surface area contributed by atoms with Gasteiger partial charge in [0.1, 0.15) is 0 Å². The minimum Gasteiger partial charge on any atom is -0.390 e. The van der Waals surface area contributed by atoms with Gasteiger partial charge >= 0.3 is 0 Å². The van der Waals surface area contributed by atoms with Gasteiger partial charge in [0.2, 0.25) is 0 Å². The van der Waals surface area contributed by atoms with Crippen molar-refractivity contribution in [3.63, 3.8) is 0 Å². The van der Waals surface area contributed by atoms with Crippen LogP contribution in [0.4, 0.5) is 0 Å². The van der Waals surface area contributed by atoms with Crippen molar-refractivity contribution in [3.8, 4) is 0 Å². The molecule has 4 atom stereocenters. The lowest BCUT2D eigenvalue weighted by molar-refractivity contribution is -0.141. The van der Waals surface area contributed by atoms with Crippen LogP contribution in [0.2, 0.25) is 0 Å². The standard InChI is InChI=1S/C15H26O4/c1-2-18-14(11-3-4-11)13(16)12-5-7-19-15(9-12)6-8-17-10-15/h11-14,16H,2-10H2,1H3. The Labute approximate surface area is 115 Å². The van der Waals surface area contributed by atoms with Crippen molar-refractivity contribution >= 4 is 0 Å². The van der Waals surface area contributed by atoms with E-state index in [2.05, 4.69) is 0 Å². The quantitative estimate of drug-likeness (QED) is 0.827. The predicted molar refractivity (Wildman–Crippen MR) is 71.0 cm³/mol. The molecule has 0 aromatic heterocycles. The lowest BCUT2D eigenvalue weighted by Crippen LogP contribution is -2.47. The molecule has 1 spiro atoms. The number of rotatable bonds is 5. The van der Waals surface area contributed by atoms with Crippen LogP contribution in [0.5, 0.6) is 0 Å². The number of hydrogen-bond acceptors (Lipinski definition) is 4. The van der Waals surface area contributed by atoms with Gasteiger partial charge in [-0.05, 0) is 44.4 Å². The molecule has 3 rings (SSSR count). The largest absolute Gasteiger partial charge is 0.390 e. The lowest BCUT2D eigenvalue weighted by atomic mass is 9.80. The molecule has 0 aromatic carbocycles. The van der Waals surface area contributed by atoms with Crippen molar-refractivity contribution < 1.29 is 19.3 Å². The summed E-state index contributed by atoms with van der Waals surface area (Å²) in [6.07, 6.45) is 4.95. The SMILES string of the molecule is CCOC(C1CC1)C(O)C1CCOC2(CCOC2)C1. The molecule has 2 heterocycles. The second-order valence-corrected chi connectivity index (χ2v) is 6.33. The maximum Gasteiger partial charge on any atom is 0.0940 e. The number of aliphatic hydroxyl groups is 1. The monoisotopic (exact) mass is 270 g/mol. The highest BCUT2D eigenvalue weighted by atomic mass is 16.6. The highest BCUT2D eigenvalue weighted by Crippen LogP contribution is 2.42. The van der Waals surface area contributed by atoms with Gasteiger partial charge in [-0.3, -0.25) is 0 Å². The summed E-state index contributed by atoms with van der Waals surface area (Å²) >= 11 is 0. The van der Waals surface area contributed by atoms with E-state index in [9.17, 15) is 5.11 Å². The topological polar surface area (TPSA) is 47.9 Å². The average Bonchev–Trinajstić information content (AvgIpc) is 3.18. The zero-order chi connectivity index (χ0) is 13.3. The maximum absolute atomic E-state index is 10.7. The molecule has 4 unspecified atom stereocenters. The van der Waals surface area contributed by atoms with Crippen molar-refractivity contribution in [2.45, 2.75) is 56.8 Å². The summed E-state index contributed by atoms with van der Waals surface area (Å²) in [6.45, 7) is 4.93. The van der Waals surface area contributed by atoms with E-state index in [4.69, 9.17) is 14.2 Å². The van der Waals surface area contributed by atoms with Crippen LogP contribution in [0.1, 0.15) is 39.0 Å². The number of hydrogen-bond donors (Lipinski definition) is 1. The molecule has 1 N–H and O–H groups in total. The summed E-state index contributed by atoms with van der Waals surface area (Å²) in [7, 11) is 0. The summed E-state index contributed by atoms with van der Waals surface area (Å²) < 4.78 is 17.3. The summed E-state index contributed by atoms with van der Waals surface area (Å²) in [5.74, 6) is 0.876. The molecule has 3 fully saturated rings. The molecule has 4 nitrogen and oxygen atoms in total. The molecule has 0 bridgehead atoms. The summed E-state index contributed by atoms with van der Waals surface area (Å²) in [6, 6.07) is 0. The molecular weight excluding hydrogens is 244 g/mol. The van der Waals surface area contributed by atoms with Crippen molar-refractivity contribution in [1.82, 2.24) is 0 Å². The van der Waals surface area contributed by atoms with E-state index in [-0.39, 0.29) is 17.8 Å². The second-order valence-electron chi connectivity index (χ2n) is 6.33. The molecule has 2 aliphatic heterocycles. The Morgan fingerprint density at radius 3 is 2.74 bits per heavy atom. The molecule has 1 saturated carbocycles. The molecule has 0 aromatic rings. The molecule has 3 aliphatic rings. The van der Waals surface area contributed by atoms with Crippen molar-refractivity contribution in [2.75, 3.05) is 26.4 Å². The van der Waals surface area contributed by atoms with E-state index in [1.807, 2.05) is 6.92 Å². The Balaban J connectivity index is 1.63. The molecule has 19 heavy (non-hydrogen) atoms. The Hall–Kier alpha value is -0.160. The van der Waals surface area contributed by atoms with E-state index < -0.39 is 0 Å². The van der Waals surface area contributed by atoms with Gasteiger partial charge in [-0.25, -0.2) is 0 Å². The van der Waals surface area contributed by atoms with Gasteiger partial charge in [-0.2, -0.15) is 0 Å². The van der Waals surface area contributed by atoms with Crippen LogP contribution < -0.4 is 0 Å². The van der Waals surface area contributed by atoms with Gasteiger partial charge in [0.15, 0.2) is 0 Å². The Bertz CT molecular complexity index is 297. The van der Waals surface area contributed by atoms with Crippen molar-refractivity contribution in [2.24, 2.45) is 11.8 Å². The lowest BCUT2D eigenvalue weighted by Gasteiger charge is -2.40. The van der Waals surface area contributed by atoms with Crippen molar-refractivity contribution in [1.29, 1.82) is 0 Å². The zero-order valence-corrected chi connectivity index (χ0v) is 11.8. The van der Waals surface area contributed by atoms with Gasteiger partial charge in [0, 0.05) is 26.2 Å². The molecule has 110 valence electrons. The van der Waals surface area contributed by atoms with Crippen molar-refractivity contribution in [3.05, 3.63) is 0 Å². The summed E-state index contributed by atoms with van der Waals surface area (Å²) in [5, 5.41) is 10.7. The fraction of sp³-hybridized carbons (Fsp3) is 1.00. The van der Waals surface area contributed by atoms with Crippen LogP contribution in [0.25, 0.3) is 0 Å². The first-order valence-electron chi connectivity index (χ1n) is 7.75. The Kier molecular flexibility index (Phi) is 4.13. The first kappa shape index (κ1) is 13.8. The maximum atomic E-state index is 10.7. The van der Waals surface area contributed by atoms with E-state index >= 15 is 0 Å². The normalized spacial score (nSPS) is 38.5. The van der Waals surface area contributed by atoms with Crippen LogP contribution in [0.3, 0.4) is 0 Å². The van der Waals surface area contributed by atoms with Crippen LogP contribution in [-0.4, -0.2) is 49.3 Å². The van der Waals surface area contributed by atoms with Gasteiger partial charge in [0.05, 0.1) is 24.4 Å². The first-order valence-corrected chi connectivity index (χ1v) is 7.75. The van der Waals surface area contributed by atoms with Gasteiger partial charge in [0.25, 0.3) is 0 Å². The molecule has 4 heteroatoms. The molecule has 2 saturated heterocycles. The highest BCUT2D eigenvalue weighted by molar-refractivity contribution is 4.96. The Morgan fingerprint density at radius 2 is 2.11 bits per heavy atom. The summed E-state index contributed by atoms with van der Waals surface area (Å²) in [5.41, 5.74) is -0.121. The molecule has 0 amide bonds. The number of aliphatic hydroxyl groups excluding tert-OH is 1. The third-order valence-electron chi connectivity index (χ3n) is 4.86. The van der Waals surface area contributed by atoms with Crippen LogP contribution in [0, 0.1) is 11.8 Å². The van der Waals surface area contributed by atoms with Gasteiger partial charge in [-0.1, -0.05) is 0 Å². The first-order chi connectivity index (χ1) is 9.24. The highest BCUT2D eigenvalue weighted by Gasteiger charge is 2.46. The van der Waals surface area contributed by atoms with Crippen LogP contribution >= 0.6 is 0 Å². The van der Waals surface area contributed by atoms with E-state index in [0.29, 0.717) is 25.0 Å². The fourth-order valence-corrected chi connectivity index (χ4v) is 3.62. The van der Waals surface area contributed by atoms with E-state index in [1.54, 1.807) is 0 Å². The summed E-state index contributed by atoms with van der Waals surface area (Å²) in [4.78, 5) is 0. The molecule has 0 radical (unpaired) electrons. The minimum atomic E-state index is -0.339. The third kappa shape index (κ3) is 2.97. The predicted octanol–water partition coefficient (Wildman–Crippen LogP) is 1.75. The molecular formula is C15H26O4. The second kappa shape index (κ2) is 5.68. The Morgan fingerprint density at radius 1 is 1.26 bits per heavy atom. The van der Waals surface area contributed by atoms with E-state index in [1.165, 1.54) is 12.8 Å². The minimum absolute atomic E-state index is 0.0347. The van der Waals surface area contributed by atoms with Crippen LogP contribution in [0.15, 0.2) is 0 Å². The third-order valence-corrected chi connectivity index (χ3v) is 4.86. The van der Waals surface area contributed by atoms with Gasteiger partial charge in [-0.15, -0.1) is 0 Å². The van der Waals surface area contributed by atoms with Gasteiger partial charge < -0.3 is 19.3 Å². The fourth-order valence-electron chi connectivity index (χ4n) is 3.62.